The van der Waals surface area contributed by atoms with Gasteiger partial charge in [0.1, 0.15) is 5.70 Å². The molecule has 9 heteroatoms. The van der Waals surface area contributed by atoms with E-state index in [1.807, 2.05) is 5.32 Å². The number of nitrogens with zero attached hydrogens (tertiary/aromatic N) is 1. The van der Waals surface area contributed by atoms with Crippen molar-refractivity contribution in [3.63, 3.8) is 0 Å². The highest BCUT2D eigenvalue weighted by Crippen LogP contribution is 2.28. The number of nitrogens with one attached hydrogen (secondary N) is 2. The molecular formula is C18H13F2N3O4. The van der Waals surface area contributed by atoms with E-state index in [0.29, 0.717) is 11.4 Å². The van der Waals surface area contributed by atoms with Crippen molar-refractivity contribution in [2.75, 3.05) is 5.32 Å². The van der Waals surface area contributed by atoms with Gasteiger partial charge in [-0.3, -0.25) is 24.7 Å². The smallest absolute Gasteiger partial charge is 0.303 e. The molecule has 3 rings (SSSR count). The third-order valence-corrected chi connectivity index (χ3v) is 3.84. The van der Waals surface area contributed by atoms with Crippen LogP contribution in [0.2, 0.25) is 0 Å². The minimum Gasteiger partial charge on any atom is -0.481 e. The average Bonchev–Trinajstić information content (AvgIpc) is 2.90. The van der Waals surface area contributed by atoms with Gasteiger partial charge in [0, 0.05) is 17.7 Å². The Morgan fingerprint density at radius 2 is 1.93 bits per heavy atom. The lowest BCUT2D eigenvalue weighted by Crippen LogP contribution is -2.24. The number of benzene rings is 1. The van der Waals surface area contributed by atoms with Crippen LogP contribution in [0.5, 0.6) is 0 Å². The minimum absolute atomic E-state index is 0.0785. The van der Waals surface area contributed by atoms with E-state index in [1.54, 1.807) is 6.07 Å². The van der Waals surface area contributed by atoms with Gasteiger partial charge in [-0.05, 0) is 18.2 Å². The number of carboxylic acids is 1. The van der Waals surface area contributed by atoms with Crippen molar-refractivity contribution >= 4 is 29.0 Å². The fourth-order valence-corrected chi connectivity index (χ4v) is 2.55. The molecule has 2 aromatic rings. The Morgan fingerprint density at radius 3 is 2.59 bits per heavy atom. The zero-order valence-corrected chi connectivity index (χ0v) is 13.8. The fourth-order valence-electron chi connectivity index (χ4n) is 2.55. The molecule has 0 saturated heterocycles. The average molecular weight is 373 g/mol. The number of aromatic nitrogens is 1. The molecule has 0 unspecified atom stereocenters. The molecule has 0 radical (unpaired) electrons. The zero-order chi connectivity index (χ0) is 19.6. The number of hydrogen-bond acceptors (Lipinski definition) is 5. The van der Waals surface area contributed by atoms with E-state index in [-0.39, 0.29) is 29.7 Å². The molecule has 138 valence electrons. The number of imide groups is 1. The summed E-state index contributed by atoms with van der Waals surface area (Å²) in [4.78, 5) is 38.8. The Labute approximate surface area is 151 Å². The van der Waals surface area contributed by atoms with Crippen LogP contribution in [0.3, 0.4) is 0 Å². The number of carbonyl (C=O) groups excluding carboxylic acids is 2. The first-order chi connectivity index (χ1) is 12.9. The molecular weight excluding hydrogens is 360 g/mol. The van der Waals surface area contributed by atoms with Crippen molar-refractivity contribution in [1.29, 1.82) is 0 Å². The second-order valence-corrected chi connectivity index (χ2v) is 5.69. The molecule has 3 N–H and O–H groups in total. The Bertz CT molecular complexity index is 971. The van der Waals surface area contributed by atoms with Crippen molar-refractivity contribution in [3.8, 4) is 0 Å². The van der Waals surface area contributed by atoms with Gasteiger partial charge in [0.2, 0.25) is 0 Å². The highest BCUT2D eigenvalue weighted by molar-refractivity contribution is 6.36. The summed E-state index contributed by atoms with van der Waals surface area (Å²) in [7, 11) is 0. The van der Waals surface area contributed by atoms with Crippen LogP contribution >= 0.6 is 0 Å². The first kappa shape index (κ1) is 18.2. The third kappa shape index (κ3) is 3.81. The fraction of sp³-hybridized carbons (Fsp3) is 0.111. The van der Waals surface area contributed by atoms with E-state index in [2.05, 4.69) is 10.3 Å². The number of carbonyl (C=O) groups is 3. The SMILES string of the molecule is O=C(O)CCc1ccc(NC2=C(c3cccc(F)c3F)C(=O)NC2=O)cn1. The Kier molecular flexibility index (Phi) is 4.93. The largest absolute Gasteiger partial charge is 0.481 e. The van der Waals surface area contributed by atoms with Gasteiger partial charge >= 0.3 is 5.97 Å². The van der Waals surface area contributed by atoms with Crippen LogP contribution in [-0.4, -0.2) is 27.9 Å². The number of hydrogen-bond donors (Lipinski definition) is 3. The maximum absolute atomic E-state index is 14.1. The summed E-state index contributed by atoms with van der Waals surface area (Å²) < 4.78 is 27.6. The predicted molar refractivity (Wildman–Crippen MR) is 90.2 cm³/mol. The molecule has 0 saturated carbocycles. The van der Waals surface area contributed by atoms with Gasteiger partial charge in [-0.15, -0.1) is 0 Å². The quantitative estimate of drug-likeness (QED) is 0.667. The highest BCUT2D eigenvalue weighted by Gasteiger charge is 2.33. The number of halogens is 2. The van der Waals surface area contributed by atoms with Gasteiger partial charge in [0.25, 0.3) is 11.8 Å². The molecule has 1 aromatic carbocycles. The summed E-state index contributed by atoms with van der Waals surface area (Å²) in [6.07, 6.45) is 1.50. The van der Waals surface area contributed by atoms with Gasteiger partial charge in [-0.1, -0.05) is 12.1 Å². The first-order valence-corrected chi connectivity index (χ1v) is 7.85. The van der Waals surface area contributed by atoms with Crippen LogP contribution in [0.15, 0.2) is 42.2 Å². The lowest BCUT2D eigenvalue weighted by Gasteiger charge is -2.09. The van der Waals surface area contributed by atoms with Crippen LogP contribution in [0.1, 0.15) is 17.7 Å². The van der Waals surface area contributed by atoms with E-state index in [4.69, 9.17) is 5.11 Å². The van der Waals surface area contributed by atoms with E-state index in [1.165, 1.54) is 24.4 Å². The minimum atomic E-state index is -1.24. The topological polar surface area (TPSA) is 108 Å². The van der Waals surface area contributed by atoms with Crippen LogP contribution in [-0.2, 0) is 20.8 Å². The number of aryl methyl sites for hydroxylation is 1. The van der Waals surface area contributed by atoms with Crippen molar-refractivity contribution in [2.24, 2.45) is 0 Å². The normalized spacial score (nSPS) is 13.7. The Balaban J connectivity index is 1.92. The number of carboxylic acid groups (broad SMARTS) is 1. The second kappa shape index (κ2) is 7.32. The Hall–Kier alpha value is -3.62. The lowest BCUT2D eigenvalue weighted by molar-refractivity contribution is -0.137. The van der Waals surface area contributed by atoms with Crippen LogP contribution in [0, 0.1) is 11.6 Å². The lowest BCUT2D eigenvalue weighted by atomic mass is 10.0. The molecule has 0 aliphatic carbocycles. The van der Waals surface area contributed by atoms with Gasteiger partial charge in [0.05, 0.1) is 23.9 Å². The molecule has 0 atom stereocenters. The molecule has 0 spiro atoms. The van der Waals surface area contributed by atoms with Crippen molar-refractivity contribution < 1.29 is 28.3 Å². The first-order valence-electron chi connectivity index (χ1n) is 7.85. The van der Waals surface area contributed by atoms with Gasteiger partial charge in [-0.25, -0.2) is 8.78 Å². The molecule has 1 aromatic heterocycles. The number of amides is 2. The monoisotopic (exact) mass is 373 g/mol. The number of aliphatic carboxylic acids is 1. The van der Waals surface area contributed by atoms with Crippen LogP contribution in [0.4, 0.5) is 14.5 Å². The van der Waals surface area contributed by atoms with E-state index >= 15 is 0 Å². The van der Waals surface area contributed by atoms with E-state index in [0.717, 1.165) is 6.07 Å². The predicted octanol–water partition coefficient (Wildman–Crippen LogP) is 1.86. The molecule has 2 heterocycles. The second-order valence-electron chi connectivity index (χ2n) is 5.69. The molecule has 0 fully saturated rings. The third-order valence-electron chi connectivity index (χ3n) is 3.84. The number of pyridine rings is 1. The van der Waals surface area contributed by atoms with Gasteiger partial charge in [0.15, 0.2) is 11.6 Å². The molecule has 27 heavy (non-hydrogen) atoms. The molecule has 0 bridgehead atoms. The van der Waals surface area contributed by atoms with Gasteiger partial charge in [-0.2, -0.15) is 0 Å². The summed E-state index contributed by atoms with van der Waals surface area (Å²) >= 11 is 0. The number of anilines is 1. The van der Waals surface area contributed by atoms with E-state index in [9.17, 15) is 23.2 Å². The van der Waals surface area contributed by atoms with Crippen molar-refractivity contribution in [1.82, 2.24) is 10.3 Å². The van der Waals surface area contributed by atoms with E-state index < -0.39 is 29.4 Å². The summed E-state index contributed by atoms with van der Waals surface area (Å²) in [5, 5.41) is 13.4. The van der Waals surface area contributed by atoms with Crippen LogP contribution < -0.4 is 10.6 Å². The maximum atomic E-state index is 14.1. The molecule has 1 aliphatic heterocycles. The summed E-state index contributed by atoms with van der Waals surface area (Å²) in [6.45, 7) is 0. The number of rotatable bonds is 6. The molecule has 2 amide bonds. The Morgan fingerprint density at radius 1 is 1.15 bits per heavy atom. The van der Waals surface area contributed by atoms with Gasteiger partial charge < -0.3 is 10.4 Å². The summed E-state index contributed by atoms with van der Waals surface area (Å²) in [5.41, 5.74) is -0.0352. The molecule has 7 nitrogen and oxygen atoms in total. The highest BCUT2D eigenvalue weighted by atomic mass is 19.2. The maximum Gasteiger partial charge on any atom is 0.303 e. The van der Waals surface area contributed by atoms with Crippen molar-refractivity contribution in [2.45, 2.75) is 12.8 Å². The summed E-state index contributed by atoms with van der Waals surface area (Å²) in [5.74, 6) is -4.96. The van der Waals surface area contributed by atoms with Crippen molar-refractivity contribution in [3.05, 3.63) is 65.1 Å². The standard InChI is InChI=1S/C18H13F2N3O4/c19-12-3-1-2-11(15(12)20)14-16(18(27)23-17(14)26)22-10-5-4-9(21-8-10)6-7-13(24)25/h1-5,8H,6-7H2,(H,24,25)(H2,22,23,26,27). The molecule has 1 aliphatic rings. The summed E-state index contributed by atoms with van der Waals surface area (Å²) in [6, 6.07) is 6.42. The van der Waals surface area contributed by atoms with Crippen LogP contribution in [0.25, 0.3) is 5.57 Å². The zero-order valence-electron chi connectivity index (χ0n) is 13.8.